The van der Waals surface area contributed by atoms with Crippen molar-refractivity contribution in [3.63, 3.8) is 0 Å². The van der Waals surface area contributed by atoms with Crippen molar-refractivity contribution in [3.05, 3.63) is 35.6 Å². The fraction of sp³-hybridized carbons (Fsp3) is 0.533. The topological polar surface area (TPSA) is 55.1 Å². The van der Waals surface area contributed by atoms with E-state index in [1.807, 2.05) is 0 Å². The van der Waals surface area contributed by atoms with E-state index >= 15 is 0 Å². The average Bonchev–Trinajstić information content (AvgIpc) is 2.38. The highest BCUT2D eigenvalue weighted by Gasteiger charge is 2.14. The molecule has 0 aliphatic carbocycles. The standard InChI is InChI=1S/C15H23FN2O/c1-3-12(4-2)14(17)10-18-15(19)9-11-6-5-7-13(16)8-11/h5-8,12,14H,3-4,9-10,17H2,1-2H3,(H,18,19). The number of carbonyl (C=O) groups is 1. The van der Waals surface area contributed by atoms with Crippen LogP contribution in [0.3, 0.4) is 0 Å². The first kappa shape index (κ1) is 15.6. The molecule has 1 unspecified atom stereocenters. The lowest BCUT2D eigenvalue weighted by Gasteiger charge is -2.21. The van der Waals surface area contributed by atoms with Gasteiger partial charge < -0.3 is 11.1 Å². The molecule has 4 heteroatoms. The Labute approximate surface area is 114 Å². The van der Waals surface area contributed by atoms with E-state index < -0.39 is 0 Å². The molecule has 106 valence electrons. The molecule has 1 aromatic rings. The zero-order valence-corrected chi connectivity index (χ0v) is 11.7. The molecule has 19 heavy (non-hydrogen) atoms. The Bertz CT molecular complexity index is 405. The van der Waals surface area contributed by atoms with E-state index in [0.29, 0.717) is 18.0 Å². The van der Waals surface area contributed by atoms with E-state index in [1.54, 1.807) is 12.1 Å². The number of nitrogens with two attached hydrogens (primary N) is 1. The predicted molar refractivity (Wildman–Crippen MR) is 75.2 cm³/mol. The summed E-state index contributed by atoms with van der Waals surface area (Å²) < 4.78 is 13.0. The van der Waals surface area contributed by atoms with Crippen LogP contribution in [0.25, 0.3) is 0 Å². The molecule has 0 aromatic heterocycles. The van der Waals surface area contributed by atoms with E-state index in [9.17, 15) is 9.18 Å². The third-order valence-corrected chi connectivity index (χ3v) is 3.44. The maximum atomic E-state index is 13.0. The van der Waals surface area contributed by atoms with E-state index in [4.69, 9.17) is 5.73 Å². The largest absolute Gasteiger partial charge is 0.354 e. The molecular weight excluding hydrogens is 243 g/mol. The number of benzene rings is 1. The molecule has 0 saturated carbocycles. The van der Waals surface area contributed by atoms with E-state index in [2.05, 4.69) is 19.2 Å². The number of hydrogen-bond acceptors (Lipinski definition) is 2. The summed E-state index contributed by atoms with van der Waals surface area (Å²) >= 11 is 0. The molecule has 0 heterocycles. The van der Waals surface area contributed by atoms with Crippen LogP contribution < -0.4 is 11.1 Å². The van der Waals surface area contributed by atoms with Crippen molar-refractivity contribution in [2.45, 2.75) is 39.2 Å². The summed E-state index contributed by atoms with van der Waals surface area (Å²) in [6, 6.07) is 6.06. The van der Waals surface area contributed by atoms with Crippen LogP contribution in [0.5, 0.6) is 0 Å². The molecule has 1 aromatic carbocycles. The molecule has 1 rings (SSSR count). The van der Waals surface area contributed by atoms with Gasteiger partial charge in [0, 0.05) is 12.6 Å². The van der Waals surface area contributed by atoms with Crippen LogP contribution in [0, 0.1) is 11.7 Å². The third kappa shape index (κ3) is 5.39. The Kier molecular flexibility index (Phi) is 6.50. The van der Waals surface area contributed by atoms with E-state index in [0.717, 1.165) is 12.8 Å². The first-order chi connectivity index (χ1) is 9.06. The fourth-order valence-electron chi connectivity index (χ4n) is 2.19. The van der Waals surface area contributed by atoms with Gasteiger partial charge >= 0.3 is 0 Å². The van der Waals surface area contributed by atoms with Crippen LogP contribution in [0.4, 0.5) is 4.39 Å². The van der Waals surface area contributed by atoms with Crippen LogP contribution in [0.1, 0.15) is 32.3 Å². The zero-order chi connectivity index (χ0) is 14.3. The highest BCUT2D eigenvalue weighted by atomic mass is 19.1. The van der Waals surface area contributed by atoms with E-state index in [-0.39, 0.29) is 24.2 Å². The van der Waals surface area contributed by atoms with Gasteiger partial charge in [-0.05, 0) is 23.6 Å². The highest BCUT2D eigenvalue weighted by molar-refractivity contribution is 5.78. The molecule has 0 saturated heterocycles. The first-order valence-corrected chi connectivity index (χ1v) is 6.83. The lowest BCUT2D eigenvalue weighted by molar-refractivity contribution is -0.120. The van der Waals surface area contributed by atoms with Crippen LogP contribution in [0.15, 0.2) is 24.3 Å². The maximum Gasteiger partial charge on any atom is 0.224 e. The van der Waals surface area contributed by atoms with Gasteiger partial charge in [-0.15, -0.1) is 0 Å². The molecule has 1 amide bonds. The van der Waals surface area contributed by atoms with Gasteiger partial charge in [0.15, 0.2) is 0 Å². The minimum atomic E-state index is -0.320. The molecule has 0 radical (unpaired) electrons. The monoisotopic (exact) mass is 266 g/mol. The SMILES string of the molecule is CCC(CC)C(N)CNC(=O)Cc1cccc(F)c1. The maximum absolute atomic E-state index is 13.0. The summed E-state index contributed by atoms with van der Waals surface area (Å²) in [6.07, 6.45) is 2.21. The summed E-state index contributed by atoms with van der Waals surface area (Å²) in [7, 11) is 0. The average molecular weight is 266 g/mol. The number of rotatable bonds is 7. The van der Waals surface area contributed by atoms with E-state index in [1.165, 1.54) is 12.1 Å². The number of amides is 1. The summed E-state index contributed by atoms with van der Waals surface area (Å²) in [6.45, 7) is 4.67. The van der Waals surface area contributed by atoms with Gasteiger partial charge in [0.05, 0.1) is 6.42 Å². The zero-order valence-electron chi connectivity index (χ0n) is 11.7. The van der Waals surface area contributed by atoms with Crippen molar-refractivity contribution in [2.75, 3.05) is 6.54 Å². The molecule has 0 fully saturated rings. The molecule has 0 aliphatic heterocycles. The summed E-state index contributed by atoms with van der Waals surface area (Å²) in [4.78, 5) is 11.7. The minimum Gasteiger partial charge on any atom is -0.354 e. The second-order valence-electron chi connectivity index (χ2n) is 4.85. The quantitative estimate of drug-likeness (QED) is 0.795. The molecular formula is C15H23FN2O. The second-order valence-corrected chi connectivity index (χ2v) is 4.85. The Balaban J connectivity index is 2.39. The summed E-state index contributed by atoms with van der Waals surface area (Å²) in [5.74, 6) is -0.0134. The van der Waals surface area contributed by atoms with Crippen molar-refractivity contribution in [2.24, 2.45) is 11.7 Å². The van der Waals surface area contributed by atoms with Crippen molar-refractivity contribution in [1.29, 1.82) is 0 Å². The minimum absolute atomic E-state index is 0.0218. The van der Waals surface area contributed by atoms with Crippen LogP contribution >= 0.6 is 0 Å². The number of halogens is 1. The van der Waals surface area contributed by atoms with Gasteiger partial charge in [0.1, 0.15) is 5.82 Å². The smallest absolute Gasteiger partial charge is 0.224 e. The normalized spacial score (nSPS) is 12.5. The number of hydrogen-bond donors (Lipinski definition) is 2. The molecule has 0 spiro atoms. The van der Waals surface area contributed by atoms with Crippen molar-refractivity contribution < 1.29 is 9.18 Å². The van der Waals surface area contributed by atoms with Gasteiger partial charge in [-0.2, -0.15) is 0 Å². The predicted octanol–water partition coefficient (Wildman–Crippen LogP) is 2.25. The summed E-state index contributed by atoms with van der Waals surface area (Å²) in [5.41, 5.74) is 6.70. The molecule has 3 N–H and O–H groups in total. The van der Waals surface area contributed by atoms with Gasteiger partial charge in [-0.1, -0.05) is 38.8 Å². The van der Waals surface area contributed by atoms with Crippen LogP contribution in [-0.2, 0) is 11.2 Å². The molecule has 0 bridgehead atoms. The van der Waals surface area contributed by atoms with Crippen molar-refractivity contribution in [3.8, 4) is 0 Å². The van der Waals surface area contributed by atoms with Gasteiger partial charge in [0.2, 0.25) is 5.91 Å². The summed E-state index contributed by atoms with van der Waals surface area (Å²) in [5, 5.41) is 2.81. The fourth-order valence-corrected chi connectivity index (χ4v) is 2.19. The lowest BCUT2D eigenvalue weighted by Crippen LogP contribution is -2.42. The van der Waals surface area contributed by atoms with Gasteiger partial charge in [-0.25, -0.2) is 4.39 Å². The Morgan fingerprint density at radius 2 is 2.05 bits per heavy atom. The Hall–Kier alpha value is -1.42. The highest BCUT2D eigenvalue weighted by Crippen LogP contribution is 2.10. The van der Waals surface area contributed by atoms with Crippen molar-refractivity contribution >= 4 is 5.91 Å². The number of nitrogens with one attached hydrogen (secondary N) is 1. The van der Waals surface area contributed by atoms with Crippen molar-refractivity contribution in [1.82, 2.24) is 5.32 Å². The molecule has 0 aliphatic rings. The van der Waals surface area contributed by atoms with Gasteiger partial charge in [-0.3, -0.25) is 4.79 Å². The number of carbonyl (C=O) groups excluding carboxylic acids is 1. The molecule has 3 nitrogen and oxygen atoms in total. The Morgan fingerprint density at radius 3 is 2.63 bits per heavy atom. The second kappa shape index (κ2) is 7.89. The first-order valence-electron chi connectivity index (χ1n) is 6.83. The van der Waals surface area contributed by atoms with Crippen LogP contribution in [0.2, 0.25) is 0 Å². The molecule has 1 atom stereocenters. The van der Waals surface area contributed by atoms with Crippen LogP contribution in [-0.4, -0.2) is 18.5 Å². The van der Waals surface area contributed by atoms with Gasteiger partial charge in [0.25, 0.3) is 0 Å². The Morgan fingerprint density at radius 1 is 1.37 bits per heavy atom. The third-order valence-electron chi connectivity index (χ3n) is 3.44. The lowest BCUT2D eigenvalue weighted by atomic mass is 9.95.